The number of nitrogens with zero attached hydrogens (tertiary/aromatic N) is 4. The van der Waals surface area contributed by atoms with Gasteiger partial charge in [-0.05, 0) is 37.6 Å². The number of fused-ring (bicyclic) bond motifs is 1. The Bertz CT molecular complexity index is 1370. The summed E-state index contributed by atoms with van der Waals surface area (Å²) in [7, 11) is 0. The lowest BCUT2D eigenvalue weighted by molar-refractivity contribution is -0.386. The lowest BCUT2D eigenvalue weighted by Crippen LogP contribution is -2.25. The molecule has 0 aliphatic rings. The molecule has 0 saturated heterocycles. The third kappa shape index (κ3) is 5.26. The molecule has 0 amide bonds. The summed E-state index contributed by atoms with van der Waals surface area (Å²) in [6, 6.07) is 7.52. The molecule has 0 spiro atoms. The predicted molar refractivity (Wildman–Crippen MR) is 131 cm³/mol. The maximum atomic E-state index is 13.3. The summed E-state index contributed by atoms with van der Waals surface area (Å²) < 4.78 is 7.17. The van der Waals surface area contributed by atoms with Crippen LogP contribution in [0.1, 0.15) is 44.5 Å². The van der Waals surface area contributed by atoms with E-state index in [9.17, 15) is 24.8 Å². The molecule has 0 saturated carbocycles. The maximum absolute atomic E-state index is 13.3. The summed E-state index contributed by atoms with van der Waals surface area (Å²) in [6.07, 6.45) is 0.462. The van der Waals surface area contributed by atoms with E-state index in [0.717, 1.165) is 10.7 Å². The molecule has 0 bridgehead atoms. The second-order valence-electron chi connectivity index (χ2n) is 7.50. The molecule has 0 aliphatic heterocycles. The van der Waals surface area contributed by atoms with Crippen LogP contribution in [0.15, 0.2) is 44.7 Å². The minimum Gasteiger partial charge on any atom is -0.479 e. The SMILES string of the molecule is CC[C@H](C)c1nc2ccc(Br)cc2c(=O)n1N=Cc1cc(Cl)cc([N+](=O)[O-])c1O[C@H](C)C(=O)O. The van der Waals surface area contributed by atoms with Crippen molar-refractivity contribution in [2.45, 2.75) is 39.2 Å². The first kappa shape index (κ1) is 25.3. The highest BCUT2D eigenvalue weighted by atomic mass is 79.9. The Morgan fingerprint density at radius 3 is 2.71 bits per heavy atom. The topological polar surface area (TPSA) is 137 Å². The summed E-state index contributed by atoms with van der Waals surface area (Å²) in [4.78, 5) is 40.0. The number of aromatic nitrogens is 2. The van der Waals surface area contributed by atoms with Gasteiger partial charge < -0.3 is 9.84 Å². The van der Waals surface area contributed by atoms with Gasteiger partial charge in [0.1, 0.15) is 5.82 Å². The van der Waals surface area contributed by atoms with Crippen LogP contribution in [0.5, 0.6) is 5.75 Å². The molecule has 12 heteroatoms. The van der Waals surface area contributed by atoms with Crippen LogP contribution in [0.2, 0.25) is 5.02 Å². The molecule has 2 atom stereocenters. The van der Waals surface area contributed by atoms with Crippen LogP contribution in [0.25, 0.3) is 10.9 Å². The fraction of sp³-hybridized carbons (Fsp3) is 0.273. The van der Waals surface area contributed by atoms with Crippen molar-refractivity contribution in [3.8, 4) is 5.75 Å². The van der Waals surface area contributed by atoms with E-state index in [1.807, 2.05) is 13.8 Å². The molecule has 3 aromatic rings. The number of hydrogen-bond donors (Lipinski definition) is 1. The molecule has 0 unspecified atom stereocenters. The maximum Gasteiger partial charge on any atom is 0.344 e. The highest BCUT2D eigenvalue weighted by molar-refractivity contribution is 9.10. The van der Waals surface area contributed by atoms with Crippen LogP contribution in [0, 0.1) is 10.1 Å². The second kappa shape index (κ2) is 10.3. The van der Waals surface area contributed by atoms with Gasteiger partial charge in [-0.2, -0.15) is 9.78 Å². The minimum atomic E-state index is -1.38. The first-order valence-electron chi connectivity index (χ1n) is 10.2. The van der Waals surface area contributed by atoms with Crippen LogP contribution in [0.3, 0.4) is 0 Å². The number of ether oxygens (including phenoxy) is 1. The van der Waals surface area contributed by atoms with Crippen LogP contribution in [-0.4, -0.2) is 38.0 Å². The number of benzene rings is 2. The van der Waals surface area contributed by atoms with E-state index >= 15 is 0 Å². The number of nitro benzene ring substituents is 1. The van der Waals surface area contributed by atoms with Gasteiger partial charge in [0, 0.05) is 27.0 Å². The third-order valence-corrected chi connectivity index (χ3v) is 5.81. The standard InChI is InChI=1S/C22H20BrClN4O6/c1-4-11(2)20-26-17-6-5-14(23)8-16(17)21(29)27(20)25-10-13-7-15(24)9-18(28(32)33)19(13)34-12(3)22(30)31/h5-12H,4H2,1-3H3,(H,30,31)/t11-,12+/m0/s1. The van der Waals surface area contributed by atoms with Gasteiger partial charge in [0.05, 0.1) is 22.0 Å². The summed E-state index contributed by atoms with van der Waals surface area (Å²) in [5.74, 6) is -1.37. The van der Waals surface area contributed by atoms with Crippen molar-refractivity contribution in [2.24, 2.45) is 5.10 Å². The largest absolute Gasteiger partial charge is 0.479 e. The zero-order valence-corrected chi connectivity index (χ0v) is 20.7. The number of aliphatic carboxylic acids is 1. The van der Waals surface area contributed by atoms with Crippen molar-refractivity contribution in [1.29, 1.82) is 0 Å². The van der Waals surface area contributed by atoms with Crippen molar-refractivity contribution < 1.29 is 19.6 Å². The molecule has 34 heavy (non-hydrogen) atoms. The van der Waals surface area contributed by atoms with Crippen molar-refractivity contribution in [1.82, 2.24) is 9.66 Å². The molecule has 10 nitrogen and oxygen atoms in total. The number of halogens is 2. The molecule has 2 aromatic carbocycles. The molecule has 1 heterocycles. The van der Waals surface area contributed by atoms with Crippen molar-refractivity contribution in [3.63, 3.8) is 0 Å². The molecule has 3 rings (SSSR count). The summed E-state index contributed by atoms with van der Waals surface area (Å²) in [6.45, 7) is 5.07. The summed E-state index contributed by atoms with van der Waals surface area (Å²) in [5, 5.41) is 25.4. The van der Waals surface area contributed by atoms with E-state index < -0.39 is 28.2 Å². The molecule has 0 radical (unpaired) electrons. The smallest absolute Gasteiger partial charge is 0.344 e. The van der Waals surface area contributed by atoms with Crippen molar-refractivity contribution >= 4 is 56.3 Å². The number of carboxylic acid groups (broad SMARTS) is 1. The van der Waals surface area contributed by atoms with Gasteiger partial charge in [0.2, 0.25) is 5.75 Å². The molecular formula is C22H20BrClN4O6. The van der Waals surface area contributed by atoms with E-state index in [0.29, 0.717) is 27.6 Å². The van der Waals surface area contributed by atoms with Gasteiger partial charge in [0.15, 0.2) is 6.10 Å². The van der Waals surface area contributed by atoms with Crippen LogP contribution < -0.4 is 10.3 Å². The highest BCUT2D eigenvalue weighted by Crippen LogP contribution is 2.34. The van der Waals surface area contributed by atoms with Crippen LogP contribution in [-0.2, 0) is 4.79 Å². The number of carboxylic acids is 1. The lowest BCUT2D eigenvalue weighted by atomic mass is 10.1. The number of nitro groups is 1. The minimum absolute atomic E-state index is 0.0125. The zero-order chi connectivity index (χ0) is 25.2. The van der Waals surface area contributed by atoms with Gasteiger partial charge in [-0.15, -0.1) is 0 Å². The molecule has 178 valence electrons. The Morgan fingerprint density at radius 1 is 1.38 bits per heavy atom. The lowest BCUT2D eigenvalue weighted by Gasteiger charge is -2.15. The number of carbonyl (C=O) groups is 1. The Morgan fingerprint density at radius 2 is 2.09 bits per heavy atom. The molecule has 1 N–H and O–H groups in total. The van der Waals surface area contributed by atoms with Gasteiger partial charge in [-0.1, -0.05) is 41.4 Å². The van der Waals surface area contributed by atoms with Gasteiger partial charge in [-0.3, -0.25) is 14.9 Å². The van der Waals surface area contributed by atoms with Crippen LogP contribution in [0.4, 0.5) is 5.69 Å². The van der Waals surface area contributed by atoms with Gasteiger partial charge in [0.25, 0.3) is 5.56 Å². The van der Waals surface area contributed by atoms with Crippen LogP contribution >= 0.6 is 27.5 Å². The number of hydrogen-bond acceptors (Lipinski definition) is 7. The average Bonchev–Trinajstić information content (AvgIpc) is 2.78. The Kier molecular flexibility index (Phi) is 7.68. The summed E-state index contributed by atoms with van der Waals surface area (Å²) >= 11 is 9.40. The second-order valence-corrected chi connectivity index (χ2v) is 8.85. The van der Waals surface area contributed by atoms with E-state index in [1.54, 1.807) is 18.2 Å². The van der Waals surface area contributed by atoms with Gasteiger partial charge in [-0.25, -0.2) is 9.78 Å². The fourth-order valence-corrected chi connectivity index (χ4v) is 3.67. The Hall–Kier alpha value is -3.31. The Balaban J connectivity index is 2.25. The summed E-state index contributed by atoms with van der Waals surface area (Å²) in [5.41, 5.74) is -0.427. The molecular weight excluding hydrogens is 532 g/mol. The zero-order valence-electron chi connectivity index (χ0n) is 18.4. The van der Waals surface area contributed by atoms with Gasteiger partial charge >= 0.3 is 11.7 Å². The average molecular weight is 552 g/mol. The first-order chi connectivity index (χ1) is 16.0. The van der Waals surface area contributed by atoms with E-state index in [2.05, 4.69) is 26.0 Å². The fourth-order valence-electron chi connectivity index (χ4n) is 3.09. The van der Waals surface area contributed by atoms with Crippen molar-refractivity contribution in [2.75, 3.05) is 0 Å². The predicted octanol–water partition coefficient (Wildman–Crippen LogP) is 4.97. The highest BCUT2D eigenvalue weighted by Gasteiger charge is 2.25. The molecule has 0 aliphatic carbocycles. The molecule has 1 aromatic heterocycles. The van der Waals surface area contributed by atoms with Crippen molar-refractivity contribution in [3.05, 3.63) is 71.7 Å². The quantitative estimate of drug-likeness (QED) is 0.237. The monoisotopic (exact) mass is 550 g/mol. The van der Waals surface area contributed by atoms with E-state index in [-0.39, 0.29) is 22.3 Å². The normalized spacial score (nSPS) is 13.2. The third-order valence-electron chi connectivity index (χ3n) is 5.10. The molecule has 0 fully saturated rings. The first-order valence-corrected chi connectivity index (χ1v) is 11.3. The number of rotatable bonds is 8. The van der Waals surface area contributed by atoms with E-state index in [1.165, 1.54) is 19.2 Å². The van der Waals surface area contributed by atoms with E-state index in [4.69, 9.17) is 16.3 Å². The Labute approximate surface area is 207 Å².